The van der Waals surface area contributed by atoms with Crippen LogP contribution in [0.15, 0.2) is 0 Å². The average molecular weight is 228 g/mol. The third-order valence-corrected chi connectivity index (χ3v) is 3.09. The third-order valence-electron chi connectivity index (χ3n) is 3.09. The lowest BCUT2D eigenvalue weighted by Gasteiger charge is -2.26. The fraction of sp³-hybridized carbons (Fsp3) is 0.917. The molecule has 0 spiro atoms. The van der Waals surface area contributed by atoms with Gasteiger partial charge in [0.1, 0.15) is 0 Å². The minimum atomic E-state index is -0.438. The minimum absolute atomic E-state index is 0.0496. The number of nitrogens with one attached hydrogen (secondary N) is 1. The highest BCUT2D eigenvalue weighted by molar-refractivity contribution is 5.82. The van der Waals surface area contributed by atoms with E-state index in [0.717, 1.165) is 26.1 Å². The second-order valence-corrected chi connectivity index (χ2v) is 5.65. The molecule has 1 saturated heterocycles. The molecule has 16 heavy (non-hydrogen) atoms. The van der Waals surface area contributed by atoms with E-state index in [4.69, 9.17) is 10.5 Å². The van der Waals surface area contributed by atoms with Gasteiger partial charge in [-0.05, 0) is 24.2 Å². The van der Waals surface area contributed by atoms with Gasteiger partial charge in [-0.15, -0.1) is 0 Å². The summed E-state index contributed by atoms with van der Waals surface area (Å²) in [6.45, 7) is 8.32. The number of carbonyl (C=O) groups is 1. The van der Waals surface area contributed by atoms with Gasteiger partial charge < -0.3 is 15.8 Å². The Kier molecular flexibility index (Phi) is 4.74. The van der Waals surface area contributed by atoms with E-state index in [1.807, 2.05) is 20.8 Å². The molecule has 1 fully saturated rings. The molecule has 0 aromatic heterocycles. The SMILES string of the molecule is CC(C)(C)C(N)C(=O)NCCC1CCOC1. The number of hydrogen-bond acceptors (Lipinski definition) is 3. The predicted molar refractivity (Wildman–Crippen MR) is 64.0 cm³/mol. The van der Waals surface area contributed by atoms with Crippen molar-refractivity contribution in [2.45, 2.75) is 39.7 Å². The Bertz CT molecular complexity index is 230. The lowest BCUT2D eigenvalue weighted by Crippen LogP contribution is -2.48. The van der Waals surface area contributed by atoms with Gasteiger partial charge in [0.05, 0.1) is 6.04 Å². The van der Waals surface area contributed by atoms with Gasteiger partial charge in [0, 0.05) is 19.8 Å². The molecule has 0 aromatic rings. The van der Waals surface area contributed by atoms with Crippen molar-refractivity contribution in [3.05, 3.63) is 0 Å². The van der Waals surface area contributed by atoms with Crippen LogP contribution in [0.5, 0.6) is 0 Å². The number of amides is 1. The summed E-state index contributed by atoms with van der Waals surface area (Å²) >= 11 is 0. The van der Waals surface area contributed by atoms with E-state index in [9.17, 15) is 4.79 Å². The maximum atomic E-state index is 11.7. The summed E-state index contributed by atoms with van der Waals surface area (Å²) in [5.74, 6) is 0.553. The number of ether oxygens (including phenoxy) is 1. The number of nitrogens with two attached hydrogens (primary N) is 1. The van der Waals surface area contributed by atoms with Crippen molar-refractivity contribution in [3.63, 3.8) is 0 Å². The molecule has 4 heteroatoms. The van der Waals surface area contributed by atoms with E-state index >= 15 is 0 Å². The molecular weight excluding hydrogens is 204 g/mol. The summed E-state index contributed by atoms with van der Waals surface area (Å²) in [7, 11) is 0. The Morgan fingerprint density at radius 2 is 2.25 bits per heavy atom. The first-order valence-electron chi connectivity index (χ1n) is 6.02. The number of rotatable bonds is 4. The minimum Gasteiger partial charge on any atom is -0.381 e. The van der Waals surface area contributed by atoms with Crippen LogP contribution in [0.4, 0.5) is 0 Å². The highest BCUT2D eigenvalue weighted by Crippen LogP contribution is 2.18. The molecule has 2 unspecified atom stereocenters. The van der Waals surface area contributed by atoms with E-state index in [1.54, 1.807) is 0 Å². The van der Waals surface area contributed by atoms with E-state index in [2.05, 4.69) is 5.32 Å². The van der Waals surface area contributed by atoms with E-state index < -0.39 is 6.04 Å². The van der Waals surface area contributed by atoms with Crippen LogP contribution in [0.25, 0.3) is 0 Å². The maximum absolute atomic E-state index is 11.7. The molecule has 0 radical (unpaired) electrons. The predicted octanol–water partition coefficient (Wildman–Crippen LogP) is 0.903. The zero-order valence-electron chi connectivity index (χ0n) is 10.6. The number of carbonyl (C=O) groups excluding carboxylic acids is 1. The Labute approximate surface area is 97.9 Å². The lowest BCUT2D eigenvalue weighted by molar-refractivity contribution is -0.124. The van der Waals surface area contributed by atoms with Crippen LogP contribution in [0.3, 0.4) is 0 Å². The van der Waals surface area contributed by atoms with Gasteiger partial charge in [0.2, 0.25) is 5.91 Å². The van der Waals surface area contributed by atoms with Gasteiger partial charge in [-0.3, -0.25) is 4.79 Å². The molecule has 3 N–H and O–H groups in total. The van der Waals surface area contributed by atoms with Crippen molar-refractivity contribution in [1.29, 1.82) is 0 Å². The summed E-state index contributed by atoms with van der Waals surface area (Å²) in [5.41, 5.74) is 5.67. The molecule has 1 heterocycles. The van der Waals surface area contributed by atoms with E-state index in [1.165, 1.54) is 0 Å². The molecule has 4 nitrogen and oxygen atoms in total. The third kappa shape index (κ3) is 4.10. The second kappa shape index (κ2) is 5.64. The lowest BCUT2D eigenvalue weighted by atomic mass is 9.87. The Morgan fingerprint density at radius 3 is 2.75 bits per heavy atom. The molecule has 0 bridgehead atoms. The highest BCUT2D eigenvalue weighted by Gasteiger charge is 2.27. The van der Waals surface area contributed by atoms with Crippen molar-refractivity contribution in [2.24, 2.45) is 17.1 Å². The normalized spacial score (nSPS) is 23.1. The van der Waals surface area contributed by atoms with Gasteiger partial charge >= 0.3 is 0 Å². The van der Waals surface area contributed by atoms with Crippen LogP contribution in [0, 0.1) is 11.3 Å². The highest BCUT2D eigenvalue weighted by atomic mass is 16.5. The zero-order chi connectivity index (χ0) is 12.2. The Hall–Kier alpha value is -0.610. The molecule has 0 aromatic carbocycles. The summed E-state index contributed by atoms with van der Waals surface area (Å²) in [5, 5.41) is 2.90. The molecule has 0 saturated carbocycles. The van der Waals surface area contributed by atoms with Crippen molar-refractivity contribution in [2.75, 3.05) is 19.8 Å². The largest absolute Gasteiger partial charge is 0.381 e. The number of hydrogen-bond donors (Lipinski definition) is 2. The van der Waals surface area contributed by atoms with Crippen LogP contribution in [0.1, 0.15) is 33.6 Å². The van der Waals surface area contributed by atoms with E-state index in [0.29, 0.717) is 12.5 Å². The van der Waals surface area contributed by atoms with Gasteiger partial charge in [-0.1, -0.05) is 20.8 Å². The van der Waals surface area contributed by atoms with Crippen molar-refractivity contribution < 1.29 is 9.53 Å². The molecule has 1 aliphatic heterocycles. The fourth-order valence-electron chi connectivity index (χ4n) is 1.71. The van der Waals surface area contributed by atoms with Crippen LogP contribution in [-0.4, -0.2) is 31.7 Å². The zero-order valence-corrected chi connectivity index (χ0v) is 10.6. The summed E-state index contributed by atoms with van der Waals surface area (Å²) in [6.07, 6.45) is 2.10. The monoisotopic (exact) mass is 228 g/mol. The van der Waals surface area contributed by atoms with Crippen molar-refractivity contribution in [1.82, 2.24) is 5.32 Å². The standard InChI is InChI=1S/C12H24N2O2/c1-12(2,3)10(13)11(15)14-6-4-9-5-7-16-8-9/h9-10H,4-8,13H2,1-3H3,(H,14,15). The first-order valence-corrected chi connectivity index (χ1v) is 6.02. The molecular formula is C12H24N2O2. The Balaban J connectivity index is 2.19. The smallest absolute Gasteiger partial charge is 0.237 e. The molecule has 1 aliphatic rings. The molecule has 94 valence electrons. The quantitative estimate of drug-likeness (QED) is 0.751. The van der Waals surface area contributed by atoms with Crippen LogP contribution < -0.4 is 11.1 Å². The summed E-state index contributed by atoms with van der Waals surface area (Å²) in [6, 6.07) is -0.438. The molecule has 2 atom stereocenters. The molecule has 1 rings (SSSR count). The Morgan fingerprint density at radius 1 is 1.56 bits per heavy atom. The molecule has 1 amide bonds. The first-order chi connectivity index (χ1) is 7.41. The fourth-order valence-corrected chi connectivity index (χ4v) is 1.71. The van der Waals surface area contributed by atoms with Gasteiger partial charge in [-0.25, -0.2) is 0 Å². The van der Waals surface area contributed by atoms with Crippen LogP contribution in [0.2, 0.25) is 0 Å². The first kappa shape index (κ1) is 13.5. The second-order valence-electron chi connectivity index (χ2n) is 5.65. The average Bonchev–Trinajstić information content (AvgIpc) is 2.67. The van der Waals surface area contributed by atoms with Crippen molar-refractivity contribution >= 4 is 5.91 Å². The topological polar surface area (TPSA) is 64.4 Å². The summed E-state index contributed by atoms with van der Waals surface area (Å²) in [4.78, 5) is 11.7. The summed E-state index contributed by atoms with van der Waals surface area (Å²) < 4.78 is 5.28. The van der Waals surface area contributed by atoms with Gasteiger partial charge in [0.25, 0.3) is 0 Å². The molecule has 0 aliphatic carbocycles. The van der Waals surface area contributed by atoms with Gasteiger partial charge in [-0.2, -0.15) is 0 Å². The van der Waals surface area contributed by atoms with Gasteiger partial charge in [0.15, 0.2) is 0 Å². The van der Waals surface area contributed by atoms with Crippen LogP contribution >= 0.6 is 0 Å². The van der Waals surface area contributed by atoms with E-state index in [-0.39, 0.29) is 11.3 Å². The van der Waals surface area contributed by atoms with Crippen molar-refractivity contribution in [3.8, 4) is 0 Å². The maximum Gasteiger partial charge on any atom is 0.237 e. The van der Waals surface area contributed by atoms with Crippen LogP contribution in [-0.2, 0) is 9.53 Å².